The highest BCUT2D eigenvalue weighted by Crippen LogP contribution is 2.02. The maximum Gasteiger partial charge on any atom is 0.237 e. The molecule has 0 aliphatic carbocycles. The smallest absolute Gasteiger partial charge is 0.237 e. The van der Waals surface area contributed by atoms with Crippen LogP contribution in [0.3, 0.4) is 0 Å². The number of sulfone groups is 1. The summed E-state index contributed by atoms with van der Waals surface area (Å²) in [6.07, 6.45) is 0.388. The van der Waals surface area contributed by atoms with Gasteiger partial charge in [0.25, 0.3) is 0 Å². The molecule has 1 rings (SSSR count). The molecule has 1 saturated heterocycles. The van der Waals surface area contributed by atoms with Crippen molar-refractivity contribution in [3.8, 4) is 0 Å². The Kier molecular flexibility index (Phi) is 5.35. The van der Waals surface area contributed by atoms with Crippen LogP contribution in [0, 0.1) is 0 Å². The molecule has 1 aliphatic heterocycles. The minimum atomic E-state index is -3.34. The van der Waals surface area contributed by atoms with Crippen molar-refractivity contribution in [2.24, 2.45) is 5.73 Å². The number of carbonyl (C=O) groups excluding carboxylic acids is 1. The van der Waals surface area contributed by atoms with Crippen LogP contribution in [0.2, 0.25) is 0 Å². The zero-order chi connectivity index (χ0) is 12.9. The van der Waals surface area contributed by atoms with Gasteiger partial charge in [-0.1, -0.05) is 0 Å². The van der Waals surface area contributed by atoms with Crippen LogP contribution in [0.4, 0.5) is 0 Å². The number of morpholine rings is 1. The Balaban J connectivity index is 2.43. The molecular weight excluding hydrogens is 244 g/mol. The SMILES string of the molecule is CC(N)CCS(=O)(=O)CC(=O)N1CCOCC1. The van der Waals surface area contributed by atoms with Crippen LogP contribution in [0.5, 0.6) is 0 Å². The maximum atomic E-state index is 11.7. The summed E-state index contributed by atoms with van der Waals surface area (Å²) in [6, 6.07) is -0.164. The summed E-state index contributed by atoms with van der Waals surface area (Å²) in [4.78, 5) is 13.3. The van der Waals surface area contributed by atoms with Crippen molar-refractivity contribution in [1.82, 2.24) is 4.90 Å². The third kappa shape index (κ3) is 5.47. The molecule has 0 radical (unpaired) electrons. The molecule has 100 valence electrons. The van der Waals surface area contributed by atoms with Crippen LogP contribution in [0.15, 0.2) is 0 Å². The second kappa shape index (κ2) is 6.32. The van der Waals surface area contributed by atoms with Gasteiger partial charge in [-0.2, -0.15) is 0 Å². The van der Waals surface area contributed by atoms with Gasteiger partial charge in [-0.15, -0.1) is 0 Å². The molecule has 1 heterocycles. The largest absolute Gasteiger partial charge is 0.378 e. The van der Waals surface area contributed by atoms with Crippen molar-refractivity contribution >= 4 is 15.7 Å². The normalized spacial score (nSPS) is 19.1. The molecule has 1 unspecified atom stereocenters. The van der Waals surface area contributed by atoms with Crippen LogP contribution in [-0.4, -0.2) is 63.1 Å². The molecule has 2 N–H and O–H groups in total. The van der Waals surface area contributed by atoms with Crippen LogP contribution in [0.1, 0.15) is 13.3 Å². The quantitative estimate of drug-likeness (QED) is 0.687. The van der Waals surface area contributed by atoms with E-state index in [2.05, 4.69) is 0 Å². The average molecular weight is 264 g/mol. The molecule has 17 heavy (non-hydrogen) atoms. The minimum Gasteiger partial charge on any atom is -0.378 e. The zero-order valence-electron chi connectivity index (χ0n) is 10.1. The molecule has 1 atom stereocenters. The first-order valence-corrected chi connectivity index (χ1v) is 7.54. The number of nitrogens with two attached hydrogens (primary N) is 1. The van der Waals surface area contributed by atoms with Gasteiger partial charge in [-0.25, -0.2) is 8.42 Å². The van der Waals surface area contributed by atoms with E-state index in [1.165, 1.54) is 4.90 Å². The fourth-order valence-corrected chi connectivity index (χ4v) is 2.96. The highest BCUT2D eigenvalue weighted by molar-refractivity contribution is 7.92. The van der Waals surface area contributed by atoms with E-state index >= 15 is 0 Å². The summed E-state index contributed by atoms with van der Waals surface area (Å²) in [7, 11) is -3.34. The Hall–Kier alpha value is -0.660. The first kappa shape index (κ1) is 14.4. The number of ether oxygens (including phenoxy) is 1. The van der Waals surface area contributed by atoms with Gasteiger partial charge in [0, 0.05) is 19.1 Å². The van der Waals surface area contributed by atoms with Crippen LogP contribution >= 0.6 is 0 Å². The molecule has 0 aromatic rings. The van der Waals surface area contributed by atoms with E-state index < -0.39 is 15.6 Å². The highest BCUT2D eigenvalue weighted by atomic mass is 32.2. The van der Waals surface area contributed by atoms with E-state index in [1.54, 1.807) is 6.92 Å². The number of hydrogen-bond donors (Lipinski definition) is 1. The topological polar surface area (TPSA) is 89.7 Å². The second-order valence-electron chi connectivity index (χ2n) is 4.35. The predicted octanol–water partition coefficient (Wildman–Crippen LogP) is -1.00. The Bertz CT molecular complexity index is 347. The van der Waals surface area contributed by atoms with E-state index in [1.807, 2.05) is 0 Å². The fourth-order valence-electron chi connectivity index (χ4n) is 1.53. The summed E-state index contributed by atoms with van der Waals surface area (Å²) in [5.41, 5.74) is 5.50. The van der Waals surface area contributed by atoms with Gasteiger partial charge >= 0.3 is 0 Å². The molecule has 1 aliphatic rings. The van der Waals surface area contributed by atoms with Gasteiger partial charge in [0.15, 0.2) is 9.84 Å². The molecule has 0 bridgehead atoms. The third-order valence-electron chi connectivity index (χ3n) is 2.59. The zero-order valence-corrected chi connectivity index (χ0v) is 10.9. The molecule has 7 heteroatoms. The van der Waals surface area contributed by atoms with Crippen LogP contribution in [0.25, 0.3) is 0 Å². The summed E-state index contributed by atoms with van der Waals surface area (Å²) in [6.45, 7) is 3.65. The Morgan fingerprint density at radius 3 is 2.53 bits per heavy atom. The molecule has 1 fully saturated rings. The summed E-state index contributed by atoms with van der Waals surface area (Å²) in [5, 5.41) is 0. The second-order valence-corrected chi connectivity index (χ2v) is 6.54. The number of rotatable bonds is 5. The summed E-state index contributed by atoms with van der Waals surface area (Å²) >= 11 is 0. The van der Waals surface area contributed by atoms with E-state index in [0.717, 1.165) is 0 Å². The minimum absolute atomic E-state index is 0.0270. The van der Waals surface area contributed by atoms with Gasteiger partial charge in [-0.3, -0.25) is 4.79 Å². The lowest BCUT2D eigenvalue weighted by atomic mass is 10.3. The van der Waals surface area contributed by atoms with Crippen molar-refractivity contribution in [3.05, 3.63) is 0 Å². The highest BCUT2D eigenvalue weighted by Gasteiger charge is 2.23. The molecule has 0 spiro atoms. The molecule has 0 saturated carbocycles. The first-order chi connectivity index (χ1) is 7.91. The number of amides is 1. The Morgan fingerprint density at radius 1 is 1.41 bits per heavy atom. The fraction of sp³-hybridized carbons (Fsp3) is 0.900. The average Bonchev–Trinajstić information content (AvgIpc) is 2.27. The number of carbonyl (C=O) groups is 1. The van der Waals surface area contributed by atoms with Gasteiger partial charge in [0.05, 0.1) is 19.0 Å². The third-order valence-corrected chi connectivity index (χ3v) is 4.14. The van der Waals surface area contributed by atoms with E-state index in [0.29, 0.717) is 32.7 Å². The predicted molar refractivity (Wildman–Crippen MR) is 64.3 cm³/mol. The van der Waals surface area contributed by atoms with Crippen molar-refractivity contribution in [2.45, 2.75) is 19.4 Å². The van der Waals surface area contributed by atoms with Crippen LogP contribution < -0.4 is 5.73 Å². The Morgan fingerprint density at radius 2 is 2.00 bits per heavy atom. The van der Waals surface area contributed by atoms with Gasteiger partial charge < -0.3 is 15.4 Å². The van der Waals surface area contributed by atoms with Crippen molar-refractivity contribution in [3.63, 3.8) is 0 Å². The van der Waals surface area contributed by atoms with Crippen molar-refractivity contribution in [2.75, 3.05) is 37.8 Å². The van der Waals surface area contributed by atoms with Gasteiger partial charge in [0.1, 0.15) is 5.75 Å². The number of nitrogens with zero attached hydrogens (tertiary/aromatic N) is 1. The lowest BCUT2D eigenvalue weighted by molar-refractivity contribution is -0.132. The lowest BCUT2D eigenvalue weighted by Crippen LogP contribution is -2.43. The standard InChI is InChI=1S/C10H20N2O4S/c1-9(11)2-7-17(14,15)8-10(13)12-3-5-16-6-4-12/h9H,2-8,11H2,1H3. The van der Waals surface area contributed by atoms with E-state index in [-0.39, 0.29) is 17.7 Å². The summed E-state index contributed by atoms with van der Waals surface area (Å²) in [5.74, 6) is -0.779. The van der Waals surface area contributed by atoms with Crippen molar-refractivity contribution < 1.29 is 17.9 Å². The Labute approximate surface area is 102 Å². The molecular formula is C10H20N2O4S. The van der Waals surface area contributed by atoms with E-state index in [9.17, 15) is 13.2 Å². The number of hydrogen-bond acceptors (Lipinski definition) is 5. The molecule has 0 aromatic carbocycles. The maximum absolute atomic E-state index is 11.7. The lowest BCUT2D eigenvalue weighted by Gasteiger charge is -2.26. The monoisotopic (exact) mass is 264 g/mol. The van der Waals surface area contributed by atoms with Crippen LogP contribution in [-0.2, 0) is 19.4 Å². The molecule has 6 nitrogen and oxygen atoms in total. The van der Waals surface area contributed by atoms with Gasteiger partial charge in [0.2, 0.25) is 5.91 Å². The molecule has 1 amide bonds. The first-order valence-electron chi connectivity index (χ1n) is 5.72. The molecule has 0 aromatic heterocycles. The summed E-state index contributed by atoms with van der Waals surface area (Å²) < 4.78 is 28.4. The van der Waals surface area contributed by atoms with Crippen molar-refractivity contribution in [1.29, 1.82) is 0 Å². The van der Waals surface area contributed by atoms with E-state index in [4.69, 9.17) is 10.5 Å². The van der Waals surface area contributed by atoms with Gasteiger partial charge in [-0.05, 0) is 13.3 Å².